The third kappa shape index (κ3) is 1.98. The van der Waals surface area contributed by atoms with E-state index >= 15 is 0 Å². The van der Waals surface area contributed by atoms with E-state index in [1.54, 1.807) is 12.1 Å². The number of carbonyl (C=O) groups excluding carboxylic acids is 1. The Bertz CT molecular complexity index is 625. The average molecular weight is 260 g/mol. The lowest BCUT2D eigenvalue weighted by Crippen LogP contribution is -2.29. The van der Waals surface area contributed by atoms with Gasteiger partial charge in [0.2, 0.25) is 5.79 Å². The van der Waals surface area contributed by atoms with Crippen LogP contribution in [-0.4, -0.2) is 22.0 Å². The van der Waals surface area contributed by atoms with Crippen molar-refractivity contribution in [3.63, 3.8) is 0 Å². The first kappa shape index (κ1) is 11.8. The molecule has 0 unspecified atom stereocenters. The van der Waals surface area contributed by atoms with Gasteiger partial charge in [-0.25, -0.2) is 4.79 Å². The second-order valence-electron chi connectivity index (χ2n) is 4.69. The summed E-state index contributed by atoms with van der Waals surface area (Å²) < 4.78 is 10.2. The highest BCUT2D eigenvalue weighted by molar-refractivity contribution is 5.87. The summed E-state index contributed by atoms with van der Waals surface area (Å²) in [5.41, 5.74) is 1.94. The van der Waals surface area contributed by atoms with Crippen molar-refractivity contribution in [2.24, 2.45) is 0 Å². The van der Waals surface area contributed by atoms with E-state index in [0.717, 1.165) is 5.56 Å². The van der Waals surface area contributed by atoms with Crippen LogP contribution in [0.4, 0.5) is 0 Å². The molecule has 98 valence electrons. The van der Waals surface area contributed by atoms with Crippen molar-refractivity contribution in [3.05, 3.63) is 47.2 Å². The number of carbonyl (C=O) groups is 1. The van der Waals surface area contributed by atoms with E-state index in [4.69, 9.17) is 9.47 Å². The van der Waals surface area contributed by atoms with Gasteiger partial charge in [0.15, 0.2) is 0 Å². The molecule has 5 nitrogen and oxygen atoms in total. The number of phenolic OH excluding ortho intramolecular Hbond substituents is 1. The highest BCUT2D eigenvalue weighted by Gasteiger charge is 2.39. The fraction of sp³-hybridized carbons (Fsp3) is 0.214. The fourth-order valence-corrected chi connectivity index (χ4v) is 2.26. The topological polar surface area (TPSA) is 76.0 Å². The second-order valence-corrected chi connectivity index (χ2v) is 4.69. The molecule has 0 aliphatic carbocycles. The lowest BCUT2D eigenvalue weighted by Gasteiger charge is -2.24. The molecule has 5 heteroatoms. The van der Waals surface area contributed by atoms with Crippen molar-refractivity contribution >= 4 is 5.97 Å². The molecule has 0 aromatic heterocycles. The van der Waals surface area contributed by atoms with Gasteiger partial charge in [-0.3, -0.25) is 0 Å². The fourth-order valence-electron chi connectivity index (χ4n) is 2.26. The first-order chi connectivity index (χ1) is 8.95. The van der Waals surface area contributed by atoms with E-state index in [1.807, 2.05) is 0 Å². The molecule has 0 bridgehead atoms. The molecule has 0 saturated heterocycles. The van der Waals surface area contributed by atoms with Crippen LogP contribution in [0.1, 0.15) is 12.5 Å². The molecule has 1 aromatic carbocycles. The van der Waals surface area contributed by atoms with Crippen molar-refractivity contribution < 1.29 is 24.5 Å². The number of esters is 1. The Morgan fingerprint density at radius 1 is 1.37 bits per heavy atom. The predicted octanol–water partition coefficient (Wildman–Crippen LogP) is 1.40. The molecule has 0 spiro atoms. The van der Waals surface area contributed by atoms with Gasteiger partial charge in [-0.05, 0) is 11.6 Å². The van der Waals surface area contributed by atoms with Gasteiger partial charge in [0.25, 0.3) is 0 Å². The van der Waals surface area contributed by atoms with Crippen molar-refractivity contribution in [2.45, 2.75) is 19.1 Å². The first-order valence-electron chi connectivity index (χ1n) is 5.81. The van der Waals surface area contributed by atoms with Crippen molar-refractivity contribution in [3.8, 4) is 11.5 Å². The third-order valence-corrected chi connectivity index (χ3v) is 3.17. The van der Waals surface area contributed by atoms with Gasteiger partial charge >= 0.3 is 5.97 Å². The maximum Gasteiger partial charge on any atom is 0.334 e. The van der Waals surface area contributed by atoms with Crippen LogP contribution in [0.3, 0.4) is 0 Å². The van der Waals surface area contributed by atoms with Crippen molar-refractivity contribution in [2.75, 3.05) is 0 Å². The van der Waals surface area contributed by atoms with E-state index in [0.29, 0.717) is 23.3 Å². The lowest BCUT2D eigenvalue weighted by atomic mass is 9.93. The van der Waals surface area contributed by atoms with Gasteiger partial charge in [-0.15, -0.1) is 0 Å². The summed E-state index contributed by atoms with van der Waals surface area (Å²) in [4.78, 5) is 11.2. The smallest absolute Gasteiger partial charge is 0.334 e. The van der Waals surface area contributed by atoms with Gasteiger partial charge in [0, 0.05) is 36.6 Å². The van der Waals surface area contributed by atoms with Crippen LogP contribution in [0, 0.1) is 0 Å². The first-order valence-corrected chi connectivity index (χ1v) is 5.81. The summed E-state index contributed by atoms with van der Waals surface area (Å²) in [6.45, 7) is 1.41. The summed E-state index contributed by atoms with van der Waals surface area (Å²) >= 11 is 0. The summed E-state index contributed by atoms with van der Waals surface area (Å²) in [6, 6.07) is 4.82. The minimum Gasteiger partial charge on any atom is -0.508 e. The number of hydrogen-bond acceptors (Lipinski definition) is 5. The van der Waals surface area contributed by atoms with Crippen LogP contribution < -0.4 is 4.74 Å². The highest BCUT2D eigenvalue weighted by atomic mass is 16.7. The number of benzene rings is 1. The van der Waals surface area contributed by atoms with Crippen LogP contribution in [0.25, 0.3) is 0 Å². The van der Waals surface area contributed by atoms with E-state index in [1.165, 1.54) is 25.3 Å². The number of phenols is 1. The van der Waals surface area contributed by atoms with Crippen LogP contribution >= 0.6 is 0 Å². The molecule has 2 aliphatic heterocycles. The number of aromatic hydroxyl groups is 1. The van der Waals surface area contributed by atoms with Crippen LogP contribution in [-0.2, 0) is 16.0 Å². The zero-order chi connectivity index (χ0) is 13.6. The Morgan fingerprint density at radius 2 is 2.16 bits per heavy atom. The lowest BCUT2D eigenvalue weighted by molar-refractivity contribution is -0.174. The van der Waals surface area contributed by atoms with Gasteiger partial charge in [0.1, 0.15) is 11.5 Å². The highest BCUT2D eigenvalue weighted by Crippen LogP contribution is 2.37. The zero-order valence-corrected chi connectivity index (χ0v) is 10.2. The standard InChI is InChI=1S/C14H12O5/c1-14(17)11(6-13(16)19-14)9-4-8-2-3-10(15)5-12(8)18-7-9/h2-3,5-7,15,17H,4H2,1H3/t14-/m1/s1. The molecule has 1 aromatic rings. The van der Waals surface area contributed by atoms with E-state index in [9.17, 15) is 15.0 Å². The van der Waals surface area contributed by atoms with E-state index in [2.05, 4.69) is 0 Å². The molecule has 19 heavy (non-hydrogen) atoms. The van der Waals surface area contributed by atoms with Gasteiger partial charge < -0.3 is 19.7 Å². The zero-order valence-electron chi connectivity index (χ0n) is 10.2. The van der Waals surface area contributed by atoms with Gasteiger partial charge in [0.05, 0.1) is 6.26 Å². The summed E-state index contributed by atoms with van der Waals surface area (Å²) in [7, 11) is 0. The number of ether oxygens (including phenoxy) is 2. The molecule has 0 fully saturated rings. The molecular formula is C14H12O5. The molecule has 0 saturated carbocycles. The maximum atomic E-state index is 11.2. The van der Waals surface area contributed by atoms with Gasteiger partial charge in [-0.1, -0.05) is 6.07 Å². The Hall–Kier alpha value is -2.27. The number of aliphatic hydroxyl groups is 1. The Morgan fingerprint density at radius 3 is 2.84 bits per heavy atom. The van der Waals surface area contributed by atoms with E-state index in [-0.39, 0.29) is 5.75 Å². The van der Waals surface area contributed by atoms with Crippen molar-refractivity contribution in [1.29, 1.82) is 0 Å². The SMILES string of the molecule is C[C@@]1(O)OC(=O)C=C1C1=COc2cc(O)ccc2C1. The summed E-state index contributed by atoms with van der Waals surface area (Å²) in [6.07, 6.45) is 3.22. The Balaban J connectivity index is 1.94. The number of cyclic esters (lactones) is 1. The molecule has 0 amide bonds. The summed E-state index contributed by atoms with van der Waals surface area (Å²) in [5, 5.41) is 19.4. The van der Waals surface area contributed by atoms with Gasteiger partial charge in [-0.2, -0.15) is 0 Å². The monoisotopic (exact) mass is 260 g/mol. The van der Waals surface area contributed by atoms with E-state index < -0.39 is 11.8 Å². The molecule has 2 aliphatic rings. The quantitative estimate of drug-likeness (QED) is 0.746. The largest absolute Gasteiger partial charge is 0.508 e. The molecular weight excluding hydrogens is 248 g/mol. The van der Waals surface area contributed by atoms with Crippen LogP contribution in [0.15, 0.2) is 41.7 Å². The number of rotatable bonds is 1. The maximum absolute atomic E-state index is 11.2. The number of hydrogen-bond donors (Lipinski definition) is 2. The average Bonchev–Trinajstić information content (AvgIpc) is 2.62. The Kier molecular flexibility index (Phi) is 2.40. The third-order valence-electron chi connectivity index (χ3n) is 3.17. The molecule has 2 N–H and O–H groups in total. The Labute approximate surface area is 109 Å². The summed E-state index contributed by atoms with van der Waals surface area (Å²) in [5.74, 6) is -1.51. The molecule has 3 rings (SSSR count). The van der Waals surface area contributed by atoms with Crippen LogP contribution in [0.2, 0.25) is 0 Å². The molecule has 1 atom stereocenters. The molecule has 0 radical (unpaired) electrons. The second kappa shape index (κ2) is 3.86. The van der Waals surface area contributed by atoms with Crippen LogP contribution in [0.5, 0.6) is 11.5 Å². The predicted molar refractivity (Wildman–Crippen MR) is 65.3 cm³/mol. The normalized spacial score (nSPS) is 25.1. The minimum absolute atomic E-state index is 0.126. The number of fused-ring (bicyclic) bond motifs is 1. The molecule has 2 heterocycles. The minimum atomic E-state index is -1.62. The van der Waals surface area contributed by atoms with Crippen molar-refractivity contribution in [1.82, 2.24) is 0 Å².